The van der Waals surface area contributed by atoms with Crippen LogP contribution in [0.25, 0.3) is 0 Å². The van der Waals surface area contributed by atoms with Gasteiger partial charge >= 0.3 is 0 Å². The SMILES string of the molecule is Cc1[nH]ncc1S(=O)(=O)NCc1cccc([N+](=O)[O-])c1. The molecule has 0 aliphatic carbocycles. The van der Waals surface area contributed by atoms with E-state index in [4.69, 9.17) is 0 Å². The Balaban J connectivity index is 2.15. The molecule has 0 spiro atoms. The minimum Gasteiger partial charge on any atom is -0.281 e. The van der Waals surface area contributed by atoms with Gasteiger partial charge < -0.3 is 0 Å². The van der Waals surface area contributed by atoms with Gasteiger partial charge in [0.05, 0.1) is 16.8 Å². The van der Waals surface area contributed by atoms with Gasteiger partial charge in [-0.3, -0.25) is 15.2 Å². The number of nitrogens with zero attached hydrogens (tertiary/aromatic N) is 2. The molecule has 0 aliphatic heterocycles. The van der Waals surface area contributed by atoms with E-state index < -0.39 is 14.9 Å². The molecule has 0 amide bonds. The minimum absolute atomic E-state index is 0.0331. The Bertz CT molecular complexity index is 738. The zero-order valence-corrected chi connectivity index (χ0v) is 11.3. The summed E-state index contributed by atoms with van der Waals surface area (Å²) in [5.41, 5.74) is 0.849. The summed E-state index contributed by atoms with van der Waals surface area (Å²) < 4.78 is 26.4. The van der Waals surface area contributed by atoms with Crippen LogP contribution in [0.2, 0.25) is 0 Å². The fourth-order valence-corrected chi connectivity index (χ4v) is 2.80. The predicted molar refractivity (Wildman–Crippen MR) is 70.4 cm³/mol. The van der Waals surface area contributed by atoms with E-state index in [9.17, 15) is 18.5 Å². The summed E-state index contributed by atoms with van der Waals surface area (Å²) in [4.78, 5) is 10.2. The maximum Gasteiger partial charge on any atom is 0.269 e. The number of aromatic amines is 1. The quantitative estimate of drug-likeness (QED) is 0.632. The van der Waals surface area contributed by atoms with Crippen molar-refractivity contribution in [1.29, 1.82) is 0 Å². The van der Waals surface area contributed by atoms with Crippen molar-refractivity contribution in [1.82, 2.24) is 14.9 Å². The van der Waals surface area contributed by atoms with E-state index in [1.165, 1.54) is 24.4 Å². The van der Waals surface area contributed by atoms with Gasteiger partial charge in [-0.2, -0.15) is 5.10 Å². The van der Waals surface area contributed by atoms with Gasteiger partial charge in [-0.05, 0) is 12.5 Å². The Labute approximate surface area is 115 Å². The first kappa shape index (κ1) is 14.2. The first-order chi connectivity index (χ1) is 9.40. The van der Waals surface area contributed by atoms with E-state index in [0.717, 1.165) is 0 Å². The summed E-state index contributed by atoms with van der Waals surface area (Å²) in [7, 11) is -3.69. The smallest absolute Gasteiger partial charge is 0.269 e. The third-order valence-corrected chi connectivity index (χ3v) is 4.18. The number of non-ortho nitro benzene ring substituents is 1. The minimum atomic E-state index is -3.69. The predicted octanol–water partition coefficient (Wildman–Crippen LogP) is 1.10. The van der Waals surface area contributed by atoms with E-state index in [1.54, 1.807) is 13.0 Å². The zero-order chi connectivity index (χ0) is 14.8. The Morgan fingerprint density at radius 2 is 2.20 bits per heavy atom. The molecule has 20 heavy (non-hydrogen) atoms. The van der Waals surface area contributed by atoms with Crippen molar-refractivity contribution in [3.63, 3.8) is 0 Å². The monoisotopic (exact) mass is 296 g/mol. The van der Waals surface area contributed by atoms with Crippen molar-refractivity contribution in [2.75, 3.05) is 0 Å². The van der Waals surface area contributed by atoms with Crippen molar-refractivity contribution in [2.45, 2.75) is 18.4 Å². The third-order valence-electron chi connectivity index (χ3n) is 2.66. The van der Waals surface area contributed by atoms with Crippen LogP contribution in [0.1, 0.15) is 11.3 Å². The van der Waals surface area contributed by atoms with Crippen molar-refractivity contribution >= 4 is 15.7 Å². The molecule has 0 saturated heterocycles. The molecule has 0 saturated carbocycles. The van der Waals surface area contributed by atoms with Crippen LogP contribution in [0, 0.1) is 17.0 Å². The number of aromatic nitrogens is 2. The lowest BCUT2D eigenvalue weighted by Crippen LogP contribution is -2.23. The fourth-order valence-electron chi connectivity index (χ4n) is 1.65. The standard InChI is InChI=1S/C11H12N4O4S/c1-8-11(7-12-14-8)20(18,19)13-6-9-3-2-4-10(5-9)15(16)17/h2-5,7,13H,6H2,1H3,(H,12,14). The molecule has 8 nitrogen and oxygen atoms in total. The summed E-state index contributed by atoms with van der Waals surface area (Å²) in [5.74, 6) is 0. The van der Waals surface area contributed by atoms with Gasteiger partial charge in [0.2, 0.25) is 10.0 Å². The van der Waals surface area contributed by atoms with Gasteiger partial charge in [-0.1, -0.05) is 12.1 Å². The molecular formula is C11H12N4O4S. The van der Waals surface area contributed by atoms with E-state index in [1.807, 2.05) is 0 Å². The highest BCUT2D eigenvalue weighted by molar-refractivity contribution is 7.89. The normalized spacial score (nSPS) is 11.4. The molecular weight excluding hydrogens is 284 g/mol. The maximum atomic E-state index is 12.0. The van der Waals surface area contributed by atoms with Gasteiger partial charge in [0, 0.05) is 18.7 Å². The summed E-state index contributed by atoms with van der Waals surface area (Å²) in [6, 6.07) is 5.78. The van der Waals surface area contributed by atoms with Crippen LogP contribution in [-0.4, -0.2) is 23.5 Å². The number of hydrogen-bond donors (Lipinski definition) is 2. The summed E-state index contributed by atoms with van der Waals surface area (Å²) in [5, 5.41) is 16.8. The Hall–Kier alpha value is -2.26. The number of H-pyrrole nitrogens is 1. The number of hydrogen-bond acceptors (Lipinski definition) is 5. The van der Waals surface area contributed by atoms with Crippen molar-refractivity contribution < 1.29 is 13.3 Å². The Kier molecular flexibility index (Phi) is 3.81. The van der Waals surface area contributed by atoms with E-state index in [0.29, 0.717) is 11.3 Å². The van der Waals surface area contributed by atoms with E-state index in [2.05, 4.69) is 14.9 Å². The second-order valence-electron chi connectivity index (χ2n) is 4.11. The fraction of sp³-hybridized carbons (Fsp3) is 0.182. The molecule has 2 aromatic rings. The van der Waals surface area contributed by atoms with Gasteiger partial charge in [-0.25, -0.2) is 13.1 Å². The molecule has 2 N–H and O–H groups in total. The molecule has 0 atom stereocenters. The van der Waals surface area contributed by atoms with Gasteiger partial charge in [0.1, 0.15) is 4.90 Å². The first-order valence-corrected chi connectivity index (χ1v) is 7.11. The van der Waals surface area contributed by atoms with Crippen LogP contribution in [0.15, 0.2) is 35.4 Å². The Morgan fingerprint density at radius 1 is 1.45 bits per heavy atom. The number of rotatable bonds is 5. The highest BCUT2D eigenvalue weighted by Gasteiger charge is 2.18. The number of benzene rings is 1. The molecule has 0 unspecified atom stereocenters. The topological polar surface area (TPSA) is 118 Å². The van der Waals surface area contributed by atoms with Gasteiger partial charge in [0.15, 0.2) is 0 Å². The average Bonchev–Trinajstić information content (AvgIpc) is 2.84. The lowest BCUT2D eigenvalue weighted by molar-refractivity contribution is -0.384. The average molecular weight is 296 g/mol. The Morgan fingerprint density at radius 3 is 2.80 bits per heavy atom. The van der Waals surface area contributed by atoms with Crippen molar-refractivity contribution in [2.24, 2.45) is 0 Å². The third kappa shape index (κ3) is 3.00. The molecule has 1 aromatic carbocycles. The van der Waals surface area contributed by atoms with Crippen LogP contribution in [0.5, 0.6) is 0 Å². The van der Waals surface area contributed by atoms with Gasteiger partial charge in [0.25, 0.3) is 5.69 Å². The molecule has 1 heterocycles. The van der Waals surface area contributed by atoms with E-state index in [-0.39, 0.29) is 17.1 Å². The van der Waals surface area contributed by atoms with Crippen LogP contribution in [0.3, 0.4) is 0 Å². The number of nitro groups is 1. The highest BCUT2D eigenvalue weighted by Crippen LogP contribution is 2.15. The van der Waals surface area contributed by atoms with Crippen LogP contribution in [0.4, 0.5) is 5.69 Å². The molecule has 106 valence electrons. The van der Waals surface area contributed by atoms with Crippen LogP contribution < -0.4 is 4.72 Å². The van der Waals surface area contributed by atoms with E-state index >= 15 is 0 Å². The second-order valence-corrected chi connectivity index (χ2v) is 5.85. The number of sulfonamides is 1. The van der Waals surface area contributed by atoms with Crippen LogP contribution >= 0.6 is 0 Å². The number of aryl methyl sites for hydroxylation is 1. The van der Waals surface area contributed by atoms with Crippen molar-refractivity contribution in [3.05, 3.63) is 51.8 Å². The summed E-state index contributed by atoms with van der Waals surface area (Å²) in [6.45, 7) is 1.56. The number of nitrogens with one attached hydrogen (secondary N) is 2. The molecule has 0 bridgehead atoms. The lowest BCUT2D eigenvalue weighted by Gasteiger charge is -2.05. The lowest BCUT2D eigenvalue weighted by atomic mass is 10.2. The molecule has 0 aliphatic rings. The highest BCUT2D eigenvalue weighted by atomic mass is 32.2. The maximum absolute atomic E-state index is 12.0. The molecule has 0 radical (unpaired) electrons. The number of nitro benzene ring substituents is 1. The molecule has 1 aromatic heterocycles. The van der Waals surface area contributed by atoms with Crippen LogP contribution in [-0.2, 0) is 16.6 Å². The molecule has 0 fully saturated rings. The molecule has 2 rings (SSSR count). The largest absolute Gasteiger partial charge is 0.281 e. The molecule has 9 heteroatoms. The zero-order valence-electron chi connectivity index (χ0n) is 10.5. The second kappa shape index (κ2) is 5.39. The summed E-state index contributed by atoms with van der Waals surface area (Å²) >= 11 is 0. The van der Waals surface area contributed by atoms with Crippen molar-refractivity contribution in [3.8, 4) is 0 Å². The summed E-state index contributed by atoms with van der Waals surface area (Å²) in [6.07, 6.45) is 1.21. The first-order valence-electron chi connectivity index (χ1n) is 5.63. The van der Waals surface area contributed by atoms with Gasteiger partial charge in [-0.15, -0.1) is 0 Å².